The maximum absolute atomic E-state index is 13.7. The molecule has 0 saturated carbocycles. The Labute approximate surface area is 187 Å². The van der Waals surface area contributed by atoms with Crippen LogP contribution in [0.1, 0.15) is 33.9 Å². The van der Waals surface area contributed by atoms with E-state index in [1.807, 2.05) is 0 Å². The van der Waals surface area contributed by atoms with Crippen molar-refractivity contribution in [3.63, 3.8) is 0 Å². The van der Waals surface area contributed by atoms with Crippen molar-refractivity contribution in [3.05, 3.63) is 41.0 Å². The molecule has 9 nitrogen and oxygen atoms in total. The minimum absolute atomic E-state index is 0.00603. The molecule has 2 aliphatic heterocycles. The molecule has 0 unspecified atom stereocenters. The van der Waals surface area contributed by atoms with Gasteiger partial charge >= 0.3 is 13.3 Å². The zero-order valence-corrected chi connectivity index (χ0v) is 17.5. The topological polar surface area (TPSA) is 124 Å². The summed E-state index contributed by atoms with van der Waals surface area (Å²) in [6, 6.07) is 1.96. The molecule has 1 aromatic carbocycles. The molecule has 0 bridgehead atoms. The van der Waals surface area contributed by atoms with E-state index >= 15 is 0 Å². The summed E-state index contributed by atoms with van der Waals surface area (Å²) in [5, 5.41) is 16.7. The SMILES string of the molecule is CN=C[C@H]1CCOC[C@@H]1n1cc(C(N)=O)c(Nc2cc3c(c(C(F)(F)F)c2)OB(O)C=C3)n1. The van der Waals surface area contributed by atoms with Gasteiger partial charge in [0.2, 0.25) is 0 Å². The molecule has 2 aliphatic rings. The van der Waals surface area contributed by atoms with Gasteiger partial charge in [-0.1, -0.05) is 6.08 Å². The Kier molecular flexibility index (Phi) is 6.17. The van der Waals surface area contributed by atoms with Gasteiger partial charge in [0.05, 0.1) is 18.2 Å². The predicted molar refractivity (Wildman–Crippen MR) is 115 cm³/mol. The fourth-order valence-electron chi connectivity index (χ4n) is 3.88. The van der Waals surface area contributed by atoms with Crippen LogP contribution in [-0.4, -0.2) is 54.3 Å². The molecule has 1 amide bonds. The number of carbonyl (C=O) groups excluding carboxylic acids is 1. The lowest BCUT2D eigenvalue weighted by Crippen LogP contribution is -2.31. The van der Waals surface area contributed by atoms with Crippen molar-refractivity contribution < 1.29 is 32.4 Å². The van der Waals surface area contributed by atoms with Crippen LogP contribution in [0.3, 0.4) is 0 Å². The normalized spacial score (nSPS) is 20.6. The van der Waals surface area contributed by atoms with Gasteiger partial charge in [-0.25, -0.2) is 0 Å². The highest BCUT2D eigenvalue weighted by Gasteiger charge is 2.38. The Morgan fingerprint density at radius 2 is 2.24 bits per heavy atom. The van der Waals surface area contributed by atoms with Crippen LogP contribution in [-0.2, 0) is 10.9 Å². The first kappa shape index (κ1) is 22.9. The number of anilines is 2. The van der Waals surface area contributed by atoms with Crippen molar-refractivity contribution in [2.45, 2.75) is 18.6 Å². The number of aromatic nitrogens is 2. The number of aliphatic imine (C=N–C) groups is 1. The van der Waals surface area contributed by atoms with Gasteiger partial charge in [-0.2, -0.15) is 18.3 Å². The smallest absolute Gasteiger partial charge is 0.532 e. The van der Waals surface area contributed by atoms with Gasteiger partial charge in [0.1, 0.15) is 11.3 Å². The van der Waals surface area contributed by atoms with E-state index in [0.717, 1.165) is 6.07 Å². The van der Waals surface area contributed by atoms with Crippen molar-refractivity contribution in [2.24, 2.45) is 16.6 Å². The molecule has 13 heteroatoms. The monoisotopic (exact) mass is 463 g/mol. The predicted octanol–water partition coefficient (Wildman–Crippen LogP) is 2.45. The number of nitrogens with zero attached hydrogens (tertiary/aromatic N) is 3. The third kappa shape index (κ3) is 4.73. The molecule has 0 radical (unpaired) electrons. The van der Waals surface area contributed by atoms with Crippen LogP contribution in [0.4, 0.5) is 24.7 Å². The van der Waals surface area contributed by atoms with E-state index in [4.69, 9.17) is 15.1 Å². The number of nitrogens with one attached hydrogen (secondary N) is 1. The van der Waals surface area contributed by atoms with Crippen molar-refractivity contribution in [1.82, 2.24) is 9.78 Å². The molecule has 1 saturated heterocycles. The number of ether oxygens (including phenoxy) is 1. The second-order valence-corrected chi connectivity index (χ2v) is 7.67. The first-order valence-electron chi connectivity index (χ1n) is 10.1. The zero-order valence-electron chi connectivity index (χ0n) is 17.5. The van der Waals surface area contributed by atoms with Crippen LogP contribution in [0.15, 0.2) is 29.3 Å². The van der Waals surface area contributed by atoms with Gasteiger partial charge < -0.3 is 30.5 Å². The van der Waals surface area contributed by atoms with Crippen LogP contribution in [0.25, 0.3) is 6.08 Å². The minimum Gasteiger partial charge on any atom is -0.532 e. The zero-order chi connectivity index (χ0) is 23.8. The fraction of sp³-hybridized carbons (Fsp3) is 0.350. The molecule has 174 valence electrons. The maximum atomic E-state index is 13.7. The van der Waals surface area contributed by atoms with Gasteiger partial charge in [0.25, 0.3) is 5.91 Å². The molecule has 3 heterocycles. The van der Waals surface area contributed by atoms with Crippen molar-refractivity contribution >= 4 is 36.8 Å². The molecular weight excluding hydrogens is 442 g/mol. The quantitative estimate of drug-likeness (QED) is 0.463. The van der Waals surface area contributed by atoms with Crippen LogP contribution in [0.2, 0.25) is 0 Å². The molecule has 4 rings (SSSR count). The molecule has 1 aromatic heterocycles. The number of amides is 1. The summed E-state index contributed by atoms with van der Waals surface area (Å²) >= 11 is 0. The van der Waals surface area contributed by atoms with E-state index < -0.39 is 30.5 Å². The second-order valence-electron chi connectivity index (χ2n) is 7.67. The summed E-state index contributed by atoms with van der Waals surface area (Å²) in [6.07, 6.45) is 0.513. The fourth-order valence-corrected chi connectivity index (χ4v) is 3.88. The molecule has 33 heavy (non-hydrogen) atoms. The number of primary amides is 1. The van der Waals surface area contributed by atoms with E-state index in [1.54, 1.807) is 13.3 Å². The molecular formula is C20H21BF3N5O4. The van der Waals surface area contributed by atoms with Crippen LogP contribution in [0, 0.1) is 5.92 Å². The number of halogens is 3. The highest BCUT2D eigenvalue weighted by molar-refractivity contribution is 6.51. The Morgan fingerprint density at radius 1 is 1.45 bits per heavy atom. The minimum atomic E-state index is -4.75. The molecule has 0 spiro atoms. The first-order valence-corrected chi connectivity index (χ1v) is 10.1. The summed E-state index contributed by atoms with van der Waals surface area (Å²) in [4.78, 5) is 16.1. The number of hydrogen-bond donors (Lipinski definition) is 3. The first-order chi connectivity index (χ1) is 15.7. The molecule has 0 aliphatic carbocycles. The van der Waals surface area contributed by atoms with Gasteiger partial charge in [-0.05, 0) is 24.5 Å². The number of carbonyl (C=O) groups is 1. The summed E-state index contributed by atoms with van der Waals surface area (Å²) in [5.41, 5.74) is 4.57. The number of rotatable bonds is 5. The van der Waals surface area contributed by atoms with Crippen LogP contribution in [0.5, 0.6) is 5.75 Å². The van der Waals surface area contributed by atoms with Crippen LogP contribution < -0.4 is 15.7 Å². The van der Waals surface area contributed by atoms with Gasteiger partial charge in [0, 0.05) is 43.2 Å². The number of fused-ring (bicyclic) bond motifs is 1. The lowest BCUT2D eigenvalue weighted by Gasteiger charge is -2.29. The maximum Gasteiger partial charge on any atom is 0.552 e. The number of benzene rings is 1. The third-order valence-corrected chi connectivity index (χ3v) is 5.42. The molecule has 4 N–H and O–H groups in total. The lowest BCUT2D eigenvalue weighted by atomic mass is 9.85. The Balaban J connectivity index is 1.72. The van der Waals surface area contributed by atoms with Gasteiger partial charge in [-0.15, -0.1) is 0 Å². The Morgan fingerprint density at radius 3 is 2.94 bits per heavy atom. The van der Waals surface area contributed by atoms with Crippen molar-refractivity contribution in [3.8, 4) is 5.75 Å². The summed E-state index contributed by atoms with van der Waals surface area (Å²) in [6.45, 7) is 0.888. The van der Waals surface area contributed by atoms with E-state index in [9.17, 15) is 23.0 Å². The Hall–Kier alpha value is -3.32. The second kappa shape index (κ2) is 8.91. The van der Waals surface area contributed by atoms with Crippen molar-refractivity contribution in [1.29, 1.82) is 0 Å². The average Bonchev–Trinajstić information content (AvgIpc) is 3.17. The average molecular weight is 463 g/mol. The third-order valence-electron chi connectivity index (χ3n) is 5.42. The van der Waals surface area contributed by atoms with Gasteiger partial charge in [0.15, 0.2) is 5.82 Å². The van der Waals surface area contributed by atoms with E-state index in [-0.39, 0.29) is 34.6 Å². The standard InChI is InChI=1S/C20H21BF3N5O4/c1-26-8-12-3-5-32-10-16(12)29-9-14(18(25)30)19(28-29)27-13-6-11-2-4-21(31)33-17(11)15(7-13)20(22,23)24/h2,4,6-9,12,16,31H,3,5,10H2,1H3,(H2,25,30)(H,27,28)/t12-,16+/m1/s1. The molecule has 1 fully saturated rings. The Bertz CT molecular complexity index is 1120. The van der Waals surface area contributed by atoms with E-state index in [0.29, 0.717) is 19.6 Å². The lowest BCUT2D eigenvalue weighted by molar-refractivity contribution is -0.138. The highest BCUT2D eigenvalue weighted by Crippen LogP contribution is 2.42. The van der Waals surface area contributed by atoms with Gasteiger partial charge in [-0.3, -0.25) is 9.48 Å². The summed E-state index contributed by atoms with van der Waals surface area (Å²) in [7, 11) is 0.176. The molecule has 2 aromatic rings. The summed E-state index contributed by atoms with van der Waals surface area (Å²) < 4.78 is 53.0. The number of nitrogens with two attached hydrogens (primary N) is 1. The number of alkyl halides is 3. The van der Waals surface area contributed by atoms with E-state index in [1.165, 1.54) is 29.0 Å². The highest BCUT2D eigenvalue weighted by atomic mass is 19.4. The molecule has 2 atom stereocenters. The number of hydrogen-bond acceptors (Lipinski definition) is 7. The van der Waals surface area contributed by atoms with Crippen LogP contribution >= 0.6 is 0 Å². The summed E-state index contributed by atoms with van der Waals surface area (Å²) in [5.74, 6) is -0.0409. The largest absolute Gasteiger partial charge is 0.552 e. The van der Waals surface area contributed by atoms with E-state index in [2.05, 4.69) is 15.4 Å². The van der Waals surface area contributed by atoms with Crippen molar-refractivity contribution in [2.75, 3.05) is 25.6 Å².